The molecule has 3 rings (SSSR count). The maximum absolute atomic E-state index is 10.8. The highest BCUT2D eigenvalue weighted by molar-refractivity contribution is 5.87. The Bertz CT molecular complexity index is 746. The van der Waals surface area contributed by atoms with E-state index in [0.717, 1.165) is 16.6 Å². The summed E-state index contributed by atoms with van der Waals surface area (Å²) in [5, 5.41) is 9.98. The van der Waals surface area contributed by atoms with Gasteiger partial charge < -0.3 is 9.67 Å². The number of hydrogen-bond donors (Lipinski definition) is 1. The van der Waals surface area contributed by atoms with E-state index in [-0.39, 0.29) is 0 Å². The van der Waals surface area contributed by atoms with Crippen LogP contribution in [-0.4, -0.2) is 20.6 Å². The number of carbonyl (C=O) groups is 1. The van der Waals surface area contributed by atoms with Crippen molar-refractivity contribution in [2.45, 2.75) is 6.54 Å². The standard InChI is InChI=1S/C15H12N2O2/c18-15(19)12-7-8-17(9-12)10-13-6-5-11-3-1-2-4-14(11)16-13/h1-9H,10H2,(H,18,19). The highest BCUT2D eigenvalue weighted by atomic mass is 16.4. The van der Waals surface area contributed by atoms with Crippen LogP contribution in [0, 0.1) is 0 Å². The lowest BCUT2D eigenvalue weighted by molar-refractivity contribution is 0.0697. The van der Waals surface area contributed by atoms with Gasteiger partial charge in [0.1, 0.15) is 0 Å². The Morgan fingerprint density at radius 2 is 2.00 bits per heavy atom. The molecule has 1 N–H and O–H groups in total. The normalized spacial score (nSPS) is 10.7. The lowest BCUT2D eigenvalue weighted by atomic mass is 10.2. The molecule has 0 bridgehead atoms. The maximum atomic E-state index is 10.8. The fourth-order valence-corrected chi connectivity index (χ4v) is 2.05. The number of hydrogen-bond acceptors (Lipinski definition) is 2. The van der Waals surface area contributed by atoms with Gasteiger partial charge in [0.15, 0.2) is 0 Å². The topological polar surface area (TPSA) is 55.1 Å². The van der Waals surface area contributed by atoms with Crippen molar-refractivity contribution in [3.8, 4) is 0 Å². The molecule has 0 saturated carbocycles. The van der Waals surface area contributed by atoms with Crippen LogP contribution in [0.4, 0.5) is 0 Å². The zero-order valence-corrected chi connectivity index (χ0v) is 10.2. The number of carboxylic acids is 1. The molecule has 4 nitrogen and oxygen atoms in total. The molecule has 3 aromatic rings. The Kier molecular flexibility index (Phi) is 2.76. The molecule has 0 fully saturated rings. The van der Waals surface area contributed by atoms with E-state index in [9.17, 15) is 4.79 Å². The largest absolute Gasteiger partial charge is 0.478 e. The predicted octanol–water partition coefficient (Wildman–Crippen LogP) is 2.78. The molecular formula is C15H12N2O2. The Morgan fingerprint density at radius 1 is 1.16 bits per heavy atom. The summed E-state index contributed by atoms with van der Waals surface area (Å²) in [7, 11) is 0. The second kappa shape index (κ2) is 4.57. The monoisotopic (exact) mass is 252 g/mol. The first-order valence-corrected chi connectivity index (χ1v) is 5.96. The molecule has 0 aliphatic rings. The molecule has 1 aromatic carbocycles. The minimum Gasteiger partial charge on any atom is -0.478 e. The average Bonchev–Trinajstić information content (AvgIpc) is 2.87. The molecule has 0 saturated heterocycles. The second-order valence-corrected chi connectivity index (χ2v) is 4.37. The van der Waals surface area contributed by atoms with E-state index in [0.29, 0.717) is 12.1 Å². The minimum atomic E-state index is -0.912. The zero-order chi connectivity index (χ0) is 13.2. The van der Waals surface area contributed by atoms with Crippen LogP contribution in [0.5, 0.6) is 0 Å². The molecule has 0 spiro atoms. The third kappa shape index (κ3) is 2.33. The van der Waals surface area contributed by atoms with E-state index >= 15 is 0 Å². The summed E-state index contributed by atoms with van der Waals surface area (Å²) < 4.78 is 1.82. The van der Waals surface area contributed by atoms with Gasteiger partial charge in [-0.1, -0.05) is 24.3 Å². The van der Waals surface area contributed by atoms with E-state index in [1.54, 1.807) is 18.5 Å². The first kappa shape index (κ1) is 11.5. The Labute approximate surface area is 109 Å². The third-order valence-electron chi connectivity index (χ3n) is 3.00. The number of carboxylic acid groups (broad SMARTS) is 1. The van der Waals surface area contributed by atoms with E-state index < -0.39 is 5.97 Å². The fraction of sp³-hybridized carbons (Fsp3) is 0.0667. The number of nitrogens with zero attached hydrogens (tertiary/aromatic N) is 2. The minimum absolute atomic E-state index is 0.292. The van der Waals surface area contributed by atoms with Gasteiger partial charge in [-0.2, -0.15) is 0 Å². The van der Waals surface area contributed by atoms with Gasteiger partial charge in [-0.25, -0.2) is 4.79 Å². The van der Waals surface area contributed by atoms with Crippen molar-refractivity contribution in [2.24, 2.45) is 0 Å². The van der Waals surface area contributed by atoms with Crippen molar-refractivity contribution in [2.75, 3.05) is 0 Å². The lowest BCUT2D eigenvalue weighted by Crippen LogP contribution is -2.00. The van der Waals surface area contributed by atoms with Crippen molar-refractivity contribution in [3.63, 3.8) is 0 Å². The van der Waals surface area contributed by atoms with Crippen LogP contribution in [0.15, 0.2) is 54.9 Å². The summed E-state index contributed by atoms with van der Waals surface area (Å²) in [5.74, 6) is -0.912. The van der Waals surface area contributed by atoms with Gasteiger partial charge in [0.2, 0.25) is 0 Å². The summed E-state index contributed by atoms with van der Waals surface area (Å²) in [6, 6.07) is 13.5. The van der Waals surface area contributed by atoms with Gasteiger partial charge in [0.05, 0.1) is 23.3 Å². The number of aromatic carboxylic acids is 1. The van der Waals surface area contributed by atoms with Crippen LogP contribution in [0.3, 0.4) is 0 Å². The zero-order valence-electron chi connectivity index (χ0n) is 10.2. The summed E-state index contributed by atoms with van der Waals surface area (Å²) in [5.41, 5.74) is 2.15. The van der Waals surface area contributed by atoms with Crippen molar-refractivity contribution >= 4 is 16.9 Å². The van der Waals surface area contributed by atoms with Crippen molar-refractivity contribution in [1.29, 1.82) is 0 Å². The number of para-hydroxylation sites is 1. The summed E-state index contributed by atoms with van der Waals surface area (Å²) in [6.45, 7) is 0.568. The van der Waals surface area contributed by atoms with Crippen LogP contribution in [0.25, 0.3) is 10.9 Å². The summed E-state index contributed by atoms with van der Waals surface area (Å²) >= 11 is 0. The molecule has 0 amide bonds. The van der Waals surface area contributed by atoms with Gasteiger partial charge in [-0.3, -0.25) is 4.98 Å². The molecule has 0 radical (unpaired) electrons. The summed E-state index contributed by atoms with van der Waals surface area (Å²) in [6.07, 6.45) is 3.36. The number of fused-ring (bicyclic) bond motifs is 1. The molecule has 19 heavy (non-hydrogen) atoms. The Hall–Kier alpha value is -2.62. The van der Waals surface area contributed by atoms with E-state index in [2.05, 4.69) is 4.98 Å². The average molecular weight is 252 g/mol. The van der Waals surface area contributed by atoms with E-state index in [1.165, 1.54) is 0 Å². The van der Waals surface area contributed by atoms with Gasteiger partial charge in [0, 0.05) is 17.8 Å². The first-order chi connectivity index (χ1) is 9.22. The second-order valence-electron chi connectivity index (χ2n) is 4.37. The number of rotatable bonds is 3. The van der Waals surface area contributed by atoms with Crippen molar-refractivity contribution in [3.05, 3.63) is 66.1 Å². The molecule has 94 valence electrons. The quantitative estimate of drug-likeness (QED) is 0.779. The predicted molar refractivity (Wildman–Crippen MR) is 72.2 cm³/mol. The molecule has 0 aliphatic carbocycles. The molecule has 0 atom stereocenters. The van der Waals surface area contributed by atoms with Gasteiger partial charge >= 0.3 is 5.97 Å². The third-order valence-corrected chi connectivity index (χ3v) is 3.00. The number of benzene rings is 1. The molecule has 2 heterocycles. The van der Waals surface area contributed by atoms with Crippen LogP contribution in [0.1, 0.15) is 16.1 Å². The smallest absolute Gasteiger partial charge is 0.337 e. The Balaban J connectivity index is 1.89. The van der Waals surface area contributed by atoms with Crippen molar-refractivity contribution in [1.82, 2.24) is 9.55 Å². The van der Waals surface area contributed by atoms with Gasteiger partial charge in [-0.15, -0.1) is 0 Å². The molecular weight excluding hydrogens is 240 g/mol. The number of pyridine rings is 1. The van der Waals surface area contributed by atoms with Crippen LogP contribution < -0.4 is 0 Å². The fourth-order valence-electron chi connectivity index (χ4n) is 2.05. The number of aromatic nitrogens is 2. The highest BCUT2D eigenvalue weighted by Gasteiger charge is 2.05. The lowest BCUT2D eigenvalue weighted by Gasteiger charge is -2.04. The highest BCUT2D eigenvalue weighted by Crippen LogP contribution is 2.13. The SMILES string of the molecule is O=C(O)c1ccn(Cc2ccc3ccccc3n2)c1. The van der Waals surface area contributed by atoms with E-state index in [1.807, 2.05) is 41.0 Å². The van der Waals surface area contributed by atoms with Gasteiger partial charge in [-0.05, 0) is 18.2 Å². The van der Waals surface area contributed by atoms with Crippen molar-refractivity contribution < 1.29 is 9.90 Å². The molecule has 4 heteroatoms. The Morgan fingerprint density at radius 3 is 2.79 bits per heavy atom. The molecule has 2 aromatic heterocycles. The van der Waals surface area contributed by atoms with Crippen LogP contribution in [-0.2, 0) is 6.54 Å². The molecule has 0 unspecified atom stereocenters. The van der Waals surface area contributed by atoms with Crippen LogP contribution in [0.2, 0.25) is 0 Å². The van der Waals surface area contributed by atoms with E-state index in [4.69, 9.17) is 5.11 Å². The van der Waals surface area contributed by atoms with Gasteiger partial charge in [0.25, 0.3) is 0 Å². The maximum Gasteiger partial charge on any atom is 0.337 e. The molecule has 0 aliphatic heterocycles. The van der Waals surface area contributed by atoms with Crippen LogP contribution >= 0.6 is 0 Å². The summed E-state index contributed by atoms with van der Waals surface area (Å²) in [4.78, 5) is 15.4. The first-order valence-electron chi connectivity index (χ1n) is 5.96.